The zero-order valence-electron chi connectivity index (χ0n) is 11.3. The van der Waals surface area contributed by atoms with Crippen molar-refractivity contribution in [2.45, 2.75) is 32.1 Å². The first-order valence-electron chi connectivity index (χ1n) is 6.55. The lowest BCUT2D eigenvalue weighted by atomic mass is 10.0. The molecule has 1 aromatic carbocycles. The number of rotatable bonds is 3. The van der Waals surface area contributed by atoms with Gasteiger partial charge in [0.1, 0.15) is 11.6 Å². The van der Waals surface area contributed by atoms with Crippen molar-refractivity contribution in [3.63, 3.8) is 0 Å². The quantitative estimate of drug-likeness (QED) is 0.914. The summed E-state index contributed by atoms with van der Waals surface area (Å²) in [5.74, 6) is -0.854. The zero-order chi connectivity index (χ0) is 14.0. The number of hydrogen-bond donors (Lipinski definition) is 1. The first-order valence-corrected chi connectivity index (χ1v) is 6.55. The Morgan fingerprint density at radius 1 is 1.32 bits per heavy atom. The maximum absolute atomic E-state index is 13.9. The van der Waals surface area contributed by atoms with Gasteiger partial charge < -0.3 is 10.5 Å². The fourth-order valence-corrected chi connectivity index (χ4v) is 2.71. The monoisotopic (exact) mass is 270 g/mol. The van der Waals surface area contributed by atoms with Crippen molar-refractivity contribution in [1.82, 2.24) is 4.90 Å². The summed E-state index contributed by atoms with van der Waals surface area (Å²) in [7, 11) is 0. The van der Waals surface area contributed by atoms with Gasteiger partial charge in [0.25, 0.3) is 0 Å². The molecule has 0 radical (unpaired) electrons. The highest BCUT2D eigenvalue weighted by Crippen LogP contribution is 2.26. The minimum absolute atomic E-state index is 0.0643. The van der Waals surface area contributed by atoms with E-state index in [1.807, 2.05) is 13.8 Å². The Labute approximate surface area is 112 Å². The number of nitrogens with zero attached hydrogens (tertiary/aromatic N) is 1. The van der Waals surface area contributed by atoms with Crippen molar-refractivity contribution in [3.8, 4) is 0 Å². The van der Waals surface area contributed by atoms with Crippen LogP contribution >= 0.6 is 0 Å². The molecule has 2 N–H and O–H groups in total. The second-order valence-corrected chi connectivity index (χ2v) is 5.13. The van der Waals surface area contributed by atoms with Gasteiger partial charge in [0.15, 0.2) is 0 Å². The minimum Gasteiger partial charge on any atom is -0.373 e. The summed E-state index contributed by atoms with van der Waals surface area (Å²) in [5.41, 5.74) is 6.10. The molecule has 3 atom stereocenters. The Morgan fingerprint density at radius 3 is 2.53 bits per heavy atom. The number of nitrogens with two attached hydrogens (primary N) is 1. The molecule has 0 unspecified atom stereocenters. The molecule has 1 aliphatic heterocycles. The fraction of sp³-hybridized carbons (Fsp3) is 0.571. The third-order valence-electron chi connectivity index (χ3n) is 3.43. The maximum Gasteiger partial charge on any atom is 0.128 e. The van der Waals surface area contributed by atoms with Crippen LogP contribution in [-0.2, 0) is 4.74 Å². The molecule has 1 saturated heterocycles. The highest BCUT2D eigenvalue weighted by atomic mass is 19.1. The second kappa shape index (κ2) is 5.94. The molecule has 0 amide bonds. The Hall–Kier alpha value is -1.04. The molecular weight excluding hydrogens is 250 g/mol. The molecule has 3 nitrogen and oxygen atoms in total. The molecule has 0 aliphatic carbocycles. The molecule has 1 heterocycles. The average molecular weight is 270 g/mol. The van der Waals surface area contributed by atoms with E-state index in [4.69, 9.17) is 10.5 Å². The van der Waals surface area contributed by atoms with Crippen molar-refractivity contribution in [3.05, 3.63) is 35.4 Å². The van der Waals surface area contributed by atoms with Crippen LogP contribution in [-0.4, -0.2) is 36.7 Å². The van der Waals surface area contributed by atoms with E-state index < -0.39 is 11.6 Å². The Balaban J connectivity index is 2.26. The highest BCUT2D eigenvalue weighted by Gasteiger charge is 2.29. The number of halogens is 2. The summed E-state index contributed by atoms with van der Waals surface area (Å²) in [5, 5.41) is 0. The summed E-state index contributed by atoms with van der Waals surface area (Å²) >= 11 is 0. The van der Waals surface area contributed by atoms with E-state index in [1.165, 1.54) is 6.07 Å². The van der Waals surface area contributed by atoms with E-state index in [9.17, 15) is 8.78 Å². The summed E-state index contributed by atoms with van der Waals surface area (Å²) in [6, 6.07) is 3.19. The van der Waals surface area contributed by atoms with Crippen LogP contribution < -0.4 is 5.73 Å². The van der Waals surface area contributed by atoms with Crippen LogP contribution in [0.25, 0.3) is 0 Å². The average Bonchev–Trinajstić information content (AvgIpc) is 2.33. The van der Waals surface area contributed by atoms with Crippen LogP contribution in [0.2, 0.25) is 0 Å². The molecule has 0 saturated carbocycles. The van der Waals surface area contributed by atoms with Gasteiger partial charge >= 0.3 is 0 Å². The summed E-state index contributed by atoms with van der Waals surface area (Å²) in [6.07, 6.45) is 0.129. The van der Waals surface area contributed by atoms with E-state index in [2.05, 4.69) is 4.90 Å². The van der Waals surface area contributed by atoms with Crippen LogP contribution in [0.5, 0.6) is 0 Å². The molecule has 0 spiro atoms. The molecule has 19 heavy (non-hydrogen) atoms. The molecule has 2 rings (SSSR count). The van der Waals surface area contributed by atoms with Crippen LogP contribution in [0, 0.1) is 11.6 Å². The lowest BCUT2D eigenvalue weighted by Gasteiger charge is -2.40. The lowest BCUT2D eigenvalue weighted by Crippen LogP contribution is -2.48. The number of benzene rings is 1. The smallest absolute Gasteiger partial charge is 0.128 e. The van der Waals surface area contributed by atoms with Gasteiger partial charge in [0.2, 0.25) is 0 Å². The van der Waals surface area contributed by atoms with Crippen LogP contribution in [0.4, 0.5) is 8.78 Å². The molecule has 1 aliphatic rings. The van der Waals surface area contributed by atoms with E-state index in [0.29, 0.717) is 18.7 Å². The molecule has 106 valence electrons. The molecule has 1 aromatic rings. The number of hydrogen-bond acceptors (Lipinski definition) is 3. The Kier molecular flexibility index (Phi) is 4.50. The third kappa shape index (κ3) is 3.29. The van der Waals surface area contributed by atoms with Gasteiger partial charge in [-0.1, -0.05) is 0 Å². The van der Waals surface area contributed by atoms with Gasteiger partial charge in [0.05, 0.1) is 18.2 Å². The van der Waals surface area contributed by atoms with E-state index in [0.717, 1.165) is 12.1 Å². The highest BCUT2D eigenvalue weighted by molar-refractivity contribution is 5.23. The first kappa shape index (κ1) is 14.4. The lowest BCUT2D eigenvalue weighted by molar-refractivity contribution is -0.0802. The van der Waals surface area contributed by atoms with Crippen molar-refractivity contribution in [2.75, 3.05) is 19.6 Å². The van der Waals surface area contributed by atoms with Gasteiger partial charge in [-0.15, -0.1) is 0 Å². The molecule has 0 aromatic heterocycles. The Morgan fingerprint density at radius 2 is 1.95 bits per heavy atom. The van der Waals surface area contributed by atoms with E-state index >= 15 is 0 Å². The van der Waals surface area contributed by atoms with Gasteiger partial charge in [-0.25, -0.2) is 8.78 Å². The molecular formula is C14H20F2N2O. The van der Waals surface area contributed by atoms with Crippen LogP contribution in [0.15, 0.2) is 18.2 Å². The number of morpholine rings is 1. The maximum atomic E-state index is 13.9. The fourth-order valence-electron chi connectivity index (χ4n) is 2.71. The van der Waals surface area contributed by atoms with Crippen molar-refractivity contribution in [1.29, 1.82) is 0 Å². The van der Waals surface area contributed by atoms with Crippen molar-refractivity contribution < 1.29 is 13.5 Å². The Bertz CT molecular complexity index is 431. The van der Waals surface area contributed by atoms with E-state index in [1.54, 1.807) is 0 Å². The minimum atomic E-state index is -0.441. The van der Waals surface area contributed by atoms with Gasteiger partial charge in [0, 0.05) is 25.2 Å². The first-order chi connectivity index (χ1) is 9.01. The summed E-state index contributed by atoms with van der Waals surface area (Å²) in [4.78, 5) is 2.07. The standard InChI is InChI=1S/C14H20F2N2O/c1-9-7-18(8-10(2)19-9)14(6-17)12-5-11(15)3-4-13(12)16/h3-5,9-10,14H,6-8,17H2,1-2H3/t9-,10-,14-/m1/s1. The van der Waals surface area contributed by atoms with Gasteiger partial charge in [-0.3, -0.25) is 4.90 Å². The van der Waals surface area contributed by atoms with Gasteiger partial charge in [-0.2, -0.15) is 0 Å². The predicted molar refractivity (Wildman–Crippen MR) is 69.7 cm³/mol. The largest absolute Gasteiger partial charge is 0.373 e. The number of ether oxygens (including phenoxy) is 1. The zero-order valence-corrected chi connectivity index (χ0v) is 11.3. The molecule has 1 fully saturated rings. The second-order valence-electron chi connectivity index (χ2n) is 5.13. The molecule has 0 bridgehead atoms. The van der Waals surface area contributed by atoms with Crippen LogP contribution in [0.3, 0.4) is 0 Å². The third-order valence-corrected chi connectivity index (χ3v) is 3.43. The van der Waals surface area contributed by atoms with E-state index in [-0.39, 0.29) is 24.8 Å². The van der Waals surface area contributed by atoms with Gasteiger partial charge in [-0.05, 0) is 32.0 Å². The van der Waals surface area contributed by atoms with Crippen LogP contribution in [0.1, 0.15) is 25.5 Å². The SMILES string of the molecule is C[C@@H]1CN([C@H](CN)c2cc(F)ccc2F)C[C@@H](C)O1. The summed E-state index contributed by atoms with van der Waals surface area (Å²) in [6.45, 7) is 5.53. The summed E-state index contributed by atoms with van der Waals surface area (Å²) < 4.78 is 32.8. The topological polar surface area (TPSA) is 38.5 Å². The molecule has 5 heteroatoms. The predicted octanol–water partition coefficient (Wildman–Crippen LogP) is 2.07. The normalized spacial score (nSPS) is 26.4. The van der Waals surface area contributed by atoms with Crippen molar-refractivity contribution in [2.24, 2.45) is 5.73 Å². The van der Waals surface area contributed by atoms with Crippen molar-refractivity contribution >= 4 is 0 Å².